The SMILES string of the molecule is C[C@@]12C=CC[C@H]1[C@@H]1CCC3=CC(=O)C[C@@H]3[C@H]1CC2. The molecule has 0 aromatic carbocycles. The van der Waals surface area contributed by atoms with Gasteiger partial charge in [-0.1, -0.05) is 24.6 Å². The molecule has 4 aliphatic rings. The third-order valence-electron chi connectivity index (χ3n) is 6.35. The Morgan fingerprint density at radius 1 is 1.28 bits per heavy atom. The molecular weight excluding hydrogens is 220 g/mol. The van der Waals surface area contributed by atoms with Gasteiger partial charge in [0.25, 0.3) is 0 Å². The molecule has 96 valence electrons. The Morgan fingerprint density at radius 3 is 3.06 bits per heavy atom. The quantitative estimate of drug-likeness (QED) is 0.589. The van der Waals surface area contributed by atoms with Gasteiger partial charge in [-0.3, -0.25) is 4.79 Å². The minimum absolute atomic E-state index is 0.397. The molecule has 0 saturated heterocycles. The maximum absolute atomic E-state index is 11.7. The fourth-order valence-electron chi connectivity index (χ4n) is 5.45. The van der Waals surface area contributed by atoms with E-state index in [1.807, 2.05) is 6.08 Å². The van der Waals surface area contributed by atoms with E-state index in [0.29, 0.717) is 17.1 Å². The average Bonchev–Trinajstić information content (AvgIpc) is 2.89. The molecule has 0 bridgehead atoms. The van der Waals surface area contributed by atoms with Crippen molar-refractivity contribution in [1.29, 1.82) is 0 Å². The molecule has 1 heteroatoms. The molecule has 4 rings (SSSR count). The summed E-state index contributed by atoms with van der Waals surface area (Å²) in [5, 5.41) is 0. The first-order valence-corrected chi connectivity index (χ1v) is 7.58. The molecule has 0 spiro atoms. The van der Waals surface area contributed by atoms with E-state index in [1.165, 1.54) is 37.7 Å². The summed E-state index contributed by atoms with van der Waals surface area (Å²) in [6, 6.07) is 0. The van der Waals surface area contributed by atoms with E-state index in [0.717, 1.165) is 24.2 Å². The lowest BCUT2D eigenvalue weighted by molar-refractivity contribution is -0.115. The van der Waals surface area contributed by atoms with Gasteiger partial charge in [0, 0.05) is 6.42 Å². The van der Waals surface area contributed by atoms with Crippen LogP contribution in [0.1, 0.15) is 45.4 Å². The highest BCUT2D eigenvalue weighted by Crippen LogP contribution is 2.59. The Kier molecular flexibility index (Phi) is 2.19. The fraction of sp³-hybridized carbons (Fsp3) is 0.706. The molecule has 4 aliphatic carbocycles. The lowest BCUT2D eigenvalue weighted by Gasteiger charge is -2.51. The Labute approximate surface area is 109 Å². The monoisotopic (exact) mass is 242 g/mol. The number of rotatable bonds is 0. The predicted molar refractivity (Wildman–Crippen MR) is 72.0 cm³/mol. The van der Waals surface area contributed by atoms with Crippen molar-refractivity contribution in [3.8, 4) is 0 Å². The number of fused-ring (bicyclic) bond motifs is 5. The summed E-state index contributed by atoms with van der Waals surface area (Å²) in [6.45, 7) is 2.46. The third kappa shape index (κ3) is 1.36. The predicted octanol–water partition coefficient (Wildman–Crippen LogP) is 3.90. The largest absolute Gasteiger partial charge is 0.295 e. The number of hydrogen-bond donors (Lipinski definition) is 0. The zero-order chi connectivity index (χ0) is 12.3. The number of carbonyl (C=O) groups excluding carboxylic acids is 1. The second-order valence-electron chi connectivity index (χ2n) is 7.15. The zero-order valence-corrected chi connectivity index (χ0v) is 11.2. The van der Waals surface area contributed by atoms with Crippen LogP contribution in [0.2, 0.25) is 0 Å². The molecule has 0 radical (unpaired) electrons. The summed E-state index contributed by atoms with van der Waals surface area (Å²) in [5.74, 6) is 3.59. The molecule has 0 unspecified atom stereocenters. The summed E-state index contributed by atoms with van der Waals surface area (Å²) in [6.07, 6.45) is 14.2. The molecule has 2 saturated carbocycles. The molecule has 0 aliphatic heterocycles. The molecular formula is C17H22O. The third-order valence-corrected chi connectivity index (χ3v) is 6.35. The van der Waals surface area contributed by atoms with Gasteiger partial charge in [-0.05, 0) is 67.3 Å². The molecule has 5 atom stereocenters. The van der Waals surface area contributed by atoms with Crippen molar-refractivity contribution in [2.45, 2.75) is 45.4 Å². The first kappa shape index (κ1) is 11.0. The maximum Gasteiger partial charge on any atom is 0.156 e. The Bertz CT molecular complexity index is 458. The van der Waals surface area contributed by atoms with Gasteiger partial charge in [0.15, 0.2) is 5.78 Å². The van der Waals surface area contributed by atoms with Crippen LogP contribution in [-0.2, 0) is 4.79 Å². The zero-order valence-electron chi connectivity index (χ0n) is 11.2. The number of carbonyl (C=O) groups is 1. The normalized spacial score (nSPS) is 49.6. The topological polar surface area (TPSA) is 17.1 Å². The van der Waals surface area contributed by atoms with Crippen molar-refractivity contribution >= 4 is 5.78 Å². The summed E-state index contributed by atoms with van der Waals surface area (Å²) < 4.78 is 0. The second-order valence-corrected chi connectivity index (χ2v) is 7.15. The van der Waals surface area contributed by atoms with Gasteiger partial charge in [-0.2, -0.15) is 0 Å². The van der Waals surface area contributed by atoms with Crippen molar-refractivity contribution in [1.82, 2.24) is 0 Å². The van der Waals surface area contributed by atoms with Gasteiger partial charge in [-0.25, -0.2) is 0 Å². The first-order chi connectivity index (χ1) is 8.67. The van der Waals surface area contributed by atoms with E-state index in [9.17, 15) is 4.79 Å². The summed E-state index contributed by atoms with van der Waals surface area (Å²) in [5.41, 5.74) is 1.97. The van der Waals surface area contributed by atoms with Crippen molar-refractivity contribution in [3.05, 3.63) is 23.8 Å². The molecule has 0 N–H and O–H groups in total. The van der Waals surface area contributed by atoms with Gasteiger partial charge in [0.05, 0.1) is 0 Å². The van der Waals surface area contributed by atoms with Gasteiger partial charge < -0.3 is 0 Å². The van der Waals surface area contributed by atoms with Crippen LogP contribution in [0.5, 0.6) is 0 Å². The Hall–Kier alpha value is -0.850. The van der Waals surface area contributed by atoms with E-state index in [-0.39, 0.29) is 0 Å². The standard InChI is InChI=1S/C17H22O/c1-17-7-2-3-16(17)14-5-4-11-9-12(18)10-15(11)13(14)6-8-17/h2,7,9,13-16H,3-6,8,10H2,1H3/t13-,14+,15-,16-,17-/m0/s1. The minimum Gasteiger partial charge on any atom is -0.295 e. The molecule has 2 fully saturated rings. The molecule has 0 aromatic heterocycles. The number of hydrogen-bond acceptors (Lipinski definition) is 1. The van der Waals surface area contributed by atoms with Crippen molar-refractivity contribution in [3.63, 3.8) is 0 Å². The maximum atomic E-state index is 11.7. The molecule has 1 nitrogen and oxygen atoms in total. The van der Waals surface area contributed by atoms with Crippen LogP contribution in [0.3, 0.4) is 0 Å². The van der Waals surface area contributed by atoms with Crippen LogP contribution in [0.15, 0.2) is 23.8 Å². The highest BCUT2D eigenvalue weighted by atomic mass is 16.1. The summed E-state index contributed by atoms with van der Waals surface area (Å²) >= 11 is 0. The van der Waals surface area contributed by atoms with E-state index < -0.39 is 0 Å². The fourth-order valence-corrected chi connectivity index (χ4v) is 5.45. The lowest BCUT2D eigenvalue weighted by Crippen LogP contribution is -2.43. The van der Waals surface area contributed by atoms with E-state index in [1.54, 1.807) is 0 Å². The van der Waals surface area contributed by atoms with Crippen LogP contribution >= 0.6 is 0 Å². The smallest absolute Gasteiger partial charge is 0.156 e. The Morgan fingerprint density at radius 2 is 2.17 bits per heavy atom. The lowest BCUT2D eigenvalue weighted by atomic mass is 9.54. The molecule has 0 aromatic rings. The van der Waals surface area contributed by atoms with Gasteiger partial charge >= 0.3 is 0 Å². The summed E-state index contributed by atoms with van der Waals surface area (Å²) in [4.78, 5) is 11.7. The van der Waals surface area contributed by atoms with E-state index in [2.05, 4.69) is 19.1 Å². The minimum atomic E-state index is 0.397. The average molecular weight is 242 g/mol. The van der Waals surface area contributed by atoms with Crippen LogP contribution in [0, 0.1) is 29.1 Å². The van der Waals surface area contributed by atoms with Crippen LogP contribution in [-0.4, -0.2) is 5.78 Å². The number of ketones is 1. The highest BCUT2D eigenvalue weighted by Gasteiger charge is 2.51. The molecule has 0 heterocycles. The highest BCUT2D eigenvalue weighted by molar-refractivity contribution is 5.93. The molecule has 0 amide bonds. The number of allylic oxidation sites excluding steroid dienone is 4. The van der Waals surface area contributed by atoms with E-state index >= 15 is 0 Å². The van der Waals surface area contributed by atoms with Crippen molar-refractivity contribution in [2.75, 3.05) is 0 Å². The van der Waals surface area contributed by atoms with Crippen molar-refractivity contribution in [2.24, 2.45) is 29.1 Å². The van der Waals surface area contributed by atoms with E-state index in [4.69, 9.17) is 0 Å². The Balaban J connectivity index is 1.65. The van der Waals surface area contributed by atoms with Crippen LogP contribution in [0.4, 0.5) is 0 Å². The molecule has 18 heavy (non-hydrogen) atoms. The van der Waals surface area contributed by atoms with Crippen LogP contribution in [0.25, 0.3) is 0 Å². The summed E-state index contributed by atoms with van der Waals surface area (Å²) in [7, 11) is 0. The van der Waals surface area contributed by atoms with Gasteiger partial charge in [0.1, 0.15) is 0 Å². The first-order valence-electron chi connectivity index (χ1n) is 7.58. The van der Waals surface area contributed by atoms with Gasteiger partial charge in [0.2, 0.25) is 0 Å². The van der Waals surface area contributed by atoms with Crippen LogP contribution < -0.4 is 0 Å². The second kappa shape index (κ2) is 3.59. The van der Waals surface area contributed by atoms with Crippen molar-refractivity contribution < 1.29 is 4.79 Å². The van der Waals surface area contributed by atoms with Gasteiger partial charge in [-0.15, -0.1) is 0 Å².